The molecule has 0 amide bonds. The monoisotopic (exact) mass is 370 g/mol. The van der Waals surface area contributed by atoms with E-state index in [1.165, 1.54) is 6.33 Å². The molecule has 1 aliphatic heterocycles. The molecule has 1 saturated heterocycles. The van der Waals surface area contributed by atoms with Gasteiger partial charge in [0.15, 0.2) is 15.7 Å². The third-order valence-corrected chi connectivity index (χ3v) is 5.88. The average molecular weight is 370 g/mol. The maximum Gasteiger partial charge on any atom is 0.226 e. The molecule has 0 unspecified atom stereocenters. The summed E-state index contributed by atoms with van der Waals surface area (Å²) in [7, 11) is -2.95. The predicted octanol–water partition coefficient (Wildman–Crippen LogP) is 1.71. The molecule has 0 saturated carbocycles. The standard InChI is InChI=1S/C17H18N6O2S/c1-12-3-2-4-13(9-12)21-16-15-14(19-11-20-16)10-18-17(22-15)23-5-7-26(24,25)8-6-23/h2-4,9-11H,5-8H2,1H3,(H,19,20,21). The first-order valence-electron chi connectivity index (χ1n) is 8.27. The van der Waals surface area contributed by atoms with Gasteiger partial charge < -0.3 is 10.2 Å². The summed E-state index contributed by atoms with van der Waals surface area (Å²) < 4.78 is 23.3. The zero-order valence-electron chi connectivity index (χ0n) is 14.3. The molecule has 0 atom stereocenters. The lowest BCUT2D eigenvalue weighted by atomic mass is 10.2. The molecule has 0 spiro atoms. The number of hydrogen-bond acceptors (Lipinski definition) is 8. The minimum atomic E-state index is -2.95. The Kier molecular flexibility index (Phi) is 4.15. The number of benzene rings is 1. The van der Waals surface area contributed by atoms with Crippen LogP contribution in [-0.2, 0) is 9.84 Å². The topological polar surface area (TPSA) is 101 Å². The van der Waals surface area contributed by atoms with Gasteiger partial charge in [0, 0.05) is 18.8 Å². The first kappa shape index (κ1) is 16.6. The molecule has 2 aromatic heterocycles. The van der Waals surface area contributed by atoms with Gasteiger partial charge in [-0.25, -0.2) is 28.4 Å². The summed E-state index contributed by atoms with van der Waals surface area (Å²) in [6.07, 6.45) is 3.11. The lowest BCUT2D eigenvalue weighted by Gasteiger charge is -2.26. The van der Waals surface area contributed by atoms with E-state index in [9.17, 15) is 8.42 Å². The van der Waals surface area contributed by atoms with Crippen molar-refractivity contribution in [2.75, 3.05) is 34.8 Å². The highest BCUT2D eigenvalue weighted by Gasteiger charge is 2.23. The molecule has 9 heteroatoms. The van der Waals surface area contributed by atoms with Crippen LogP contribution < -0.4 is 10.2 Å². The molecule has 4 rings (SSSR count). The number of aryl methyl sites for hydroxylation is 1. The van der Waals surface area contributed by atoms with Crippen molar-refractivity contribution in [3.05, 3.63) is 42.4 Å². The molecule has 26 heavy (non-hydrogen) atoms. The van der Waals surface area contributed by atoms with E-state index in [0.717, 1.165) is 11.3 Å². The summed E-state index contributed by atoms with van der Waals surface area (Å²) >= 11 is 0. The van der Waals surface area contributed by atoms with E-state index in [4.69, 9.17) is 0 Å². The number of sulfone groups is 1. The van der Waals surface area contributed by atoms with Gasteiger partial charge in [0.05, 0.1) is 17.7 Å². The summed E-state index contributed by atoms with van der Waals surface area (Å²) in [5.41, 5.74) is 3.28. The first-order valence-corrected chi connectivity index (χ1v) is 10.1. The minimum absolute atomic E-state index is 0.119. The Morgan fingerprint density at radius 2 is 1.92 bits per heavy atom. The molecule has 0 radical (unpaired) electrons. The number of aromatic nitrogens is 4. The molecule has 0 bridgehead atoms. The molecule has 1 N–H and O–H groups in total. The maximum atomic E-state index is 11.6. The second kappa shape index (κ2) is 6.49. The smallest absolute Gasteiger partial charge is 0.226 e. The van der Waals surface area contributed by atoms with Crippen LogP contribution in [0.5, 0.6) is 0 Å². The fraction of sp³-hybridized carbons (Fsp3) is 0.294. The summed E-state index contributed by atoms with van der Waals surface area (Å²) in [4.78, 5) is 19.4. The zero-order chi connectivity index (χ0) is 18.1. The zero-order valence-corrected chi connectivity index (χ0v) is 15.1. The molecular weight excluding hydrogens is 352 g/mol. The largest absolute Gasteiger partial charge is 0.339 e. The Hall–Kier alpha value is -2.81. The highest BCUT2D eigenvalue weighted by molar-refractivity contribution is 7.91. The fourth-order valence-corrected chi connectivity index (χ4v) is 4.06. The Balaban J connectivity index is 1.68. The van der Waals surface area contributed by atoms with Crippen molar-refractivity contribution in [2.45, 2.75) is 6.92 Å². The van der Waals surface area contributed by atoms with Crippen molar-refractivity contribution in [3.63, 3.8) is 0 Å². The quantitative estimate of drug-likeness (QED) is 0.743. The molecule has 1 aromatic carbocycles. The lowest BCUT2D eigenvalue weighted by molar-refractivity contribution is 0.585. The SMILES string of the molecule is Cc1cccc(Nc2ncnc3cnc(N4CCS(=O)(=O)CC4)nc23)c1. The van der Waals surface area contributed by atoms with Crippen LogP contribution in [0.2, 0.25) is 0 Å². The molecule has 0 aliphatic carbocycles. The third-order valence-electron chi connectivity index (χ3n) is 4.27. The highest BCUT2D eigenvalue weighted by atomic mass is 32.2. The average Bonchev–Trinajstić information content (AvgIpc) is 2.62. The van der Waals surface area contributed by atoms with Gasteiger partial charge in [-0.2, -0.15) is 0 Å². The number of hydrogen-bond donors (Lipinski definition) is 1. The van der Waals surface area contributed by atoms with Crippen LogP contribution >= 0.6 is 0 Å². The Morgan fingerprint density at radius 1 is 1.12 bits per heavy atom. The van der Waals surface area contributed by atoms with Gasteiger partial charge >= 0.3 is 0 Å². The van der Waals surface area contributed by atoms with Crippen molar-refractivity contribution in [2.24, 2.45) is 0 Å². The minimum Gasteiger partial charge on any atom is -0.339 e. The summed E-state index contributed by atoms with van der Waals surface area (Å²) in [5.74, 6) is 1.32. The van der Waals surface area contributed by atoms with E-state index < -0.39 is 9.84 Å². The number of rotatable bonds is 3. The number of anilines is 3. The molecule has 1 fully saturated rings. The van der Waals surface area contributed by atoms with Crippen LogP contribution in [-0.4, -0.2) is 52.9 Å². The van der Waals surface area contributed by atoms with Crippen molar-refractivity contribution < 1.29 is 8.42 Å². The van der Waals surface area contributed by atoms with Crippen LogP contribution in [0.15, 0.2) is 36.8 Å². The summed E-state index contributed by atoms with van der Waals surface area (Å²) in [6.45, 7) is 2.80. The van der Waals surface area contributed by atoms with Crippen molar-refractivity contribution in [1.82, 2.24) is 19.9 Å². The second-order valence-electron chi connectivity index (χ2n) is 6.26. The van der Waals surface area contributed by atoms with Crippen molar-refractivity contribution in [1.29, 1.82) is 0 Å². The molecular formula is C17H18N6O2S. The van der Waals surface area contributed by atoms with Crippen LogP contribution in [0, 0.1) is 6.92 Å². The fourth-order valence-electron chi connectivity index (χ4n) is 2.86. The Bertz CT molecular complexity index is 1060. The molecule has 8 nitrogen and oxygen atoms in total. The lowest BCUT2D eigenvalue weighted by Crippen LogP contribution is -2.41. The number of fused-ring (bicyclic) bond motifs is 1. The number of nitrogens with zero attached hydrogens (tertiary/aromatic N) is 5. The van der Waals surface area contributed by atoms with Gasteiger partial charge in [0.25, 0.3) is 0 Å². The first-order chi connectivity index (χ1) is 12.5. The Labute approximate surface area is 151 Å². The van der Waals surface area contributed by atoms with E-state index in [2.05, 4.69) is 25.3 Å². The van der Waals surface area contributed by atoms with E-state index in [1.807, 2.05) is 36.1 Å². The van der Waals surface area contributed by atoms with Gasteiger partial charge in [-0.1, -0.05) is 12.1 Å². The molecule has 1 aliphatic rings. The van der Waals surface area contributed by atoms with Gasteiger partial charge in [-0.05, 0) is 24.6 Å². The van der Waals surface area contributed by atoms with Crippen LogP contribution in [0.1, 0.15) is 5.56 Å². The highest BCUT2D eigenvalue weighted by Crippen LogP contribution is 2.23. The second-order valence-corrected chi connectivity index (χ2v) is 8.56. The van der Waals surface area contributed by atoms with E-state index in [1.54, 1.807) is 6.20 Å². The third kappa shape index (κ3) is 3.43. The van der Waals surface area contributed by atoms with Gasteiger partial charge in [0.2, 0.25) is 5.95 Å². The van der Waals surface area contributed by atoms with Gasteiger partial charge in [-0.15, -0.1) is 0 Å². The number of nitrogens with one attached hydrogen (secondary N) is 1. The van der Waals surface area contributed by atoms with Crippen molar-refractivity contribution >= 4 is 38.3 Å². The summed E-state index contributed by atoms with van der Waals surface area (Å²) in [5, 5.41) is 3.28. The maximum absolute atomic E-state index is 11.6. The molecule has 3 heterocycles. The summed E-state index contributed by atoms with van der Waals surface area (Å²) in [6, 6.07) is 7.97. The van der Waals surface area contributed by atoms with Crippen LogP contribution in [0.3, 0.4) is 0 Å². The van der Waals surface area contributed by atoms with E-state index in [-0.39, 0.29) is 11.5 Å². The van der Waals surface area contributed by atoms with Gasteiger partial charge in [-0.3, -0.25) is 0 Å². The van der Waals surface area contributed by atoms with E-state index >= 15 is 0 Å². The molecule has 134 valence electrons. The van der Waals surface area contributed by atoms with Crippen LogP contribution in [0.4, 0.5) is 17.5 Å². The normalized spacial score (nSPS) is 16.6. The Morgan fingerprint density at radius 3 is 2.69 bits per heavy atom. The van der Waals surface area contributed by atoms with Crippen molar-refractivity contribution in [3.8, 4) is 0 Å². The predicted molar refractivity (Wildman–Crippen MR) is 100 cm³/mol. The van der Waals surface area contributed by atoms with Gasteiger partial charge in [0.1, 0.15) is 17.4 Å². The van der Waals surface area contributed by atoms with E-state index in [0.29, 0.717) is 35.9 Å². The van der Waals surface area contributed by atoms with Crippen LogP contribution in [0.25, 0.3) is 11.0 Å². The molecule has 3 aromatic rings.